The second-order valence-electron chi connectivity index (χ2n) is 7.01. The summed E-state index contributed by atoms with van der Waals surface area (Å²) in [6, 6.07) is 11.5. The molecule has 1 amide bonds. The number of hydrogen-bond donors (Lipinski definition) is 1. The molecule has 1 fully saturated rings. The van der Waals surface area contributed by atoms with E-state index in [0.29, 0.717) is 43.0 Å². The molecule has 0 aliphatic carbocycles. The summed E-state index contributed by atoms with van der Waals surface area (Å²) in [5.74, 6) is 1.07. The van der Waals surface area contributed by atoms with Gasteiger partial charge in [0.05, 0.1) is 19.1 Å². The zero-order valence-corrected chi connectivity index (χ0v) is 17.7. The van der Waals surface area contributed by atoms with Gasteiger partial charge in [-0.05, 0) is 44.0 Å². The lowest BCUT2D eigenvalue weighted by atomic mass is 10.0. The Bertz CT molecular complexity index is 943. The van der Waals surface area contributed by atoms with Crippen LogP contribution in [0.4, 0.5) is 0 Å². The molecule has 1 heterocycles. The van der Waals surface area contributed by atoms with Crippen LogP contribution in [-0.4, -0.2) is 52.6 Å². The first kappa shape index (κ1) is 21.1. The summed E-state index contributed by atoms with van der Waals surface area (Å²) in [5.41, 5.74) is 1.33. The summed E-state index contributed by atoms with van der Waals surface area (Å²) < 4.78 is 38.4. The van der Waals surface area contributed by atoms with E-state index in [0.717, 1.165) is 5.56 Å². The number of methoxy groups -OCH3 is 2. The molecule has 0 radical (unpaired) electrons. The third-order valence-corrected chi connectivity index (χ3v) is 6.69. The van der Waals surface area contributed by atoms with Crippen LogP contribution >= 0.6 is 0 Å². The van der Waals surface area contributed by atoms with Crippen LogP contribution in [0.1, 0.15) is 28.8 Å². The highest BCUT2D eigenvalue weighted by atomic mass is 32.2. The molecule has 0 atom stereocenters. The average Bonchev–Trinajstić information content (AvgIpc) is 2.74. The number of rotatable bonds is 6. The van der Waals surface area contributed by atoms with Crippen molar-refractivity contribution in [1.82, 2.24) is 9.62 Å². The fourth-order valence-corrected chi connectivity index (χ4v) is 4.81. The van der Waals surface area contributed by atoms with Crippen molar-refractivity contribution < 1.29 is 22.7 Å². The summed E-state index contributed by atoms with van der Waals surface area (Å²) in [5, 5.41) is 0. The normalized spacial score (nSPS) is 15.2. The number of nitrogens with zero attached hydrogens (tertiary/aromatic N) is 1. The predicted molar refractivity (Wildman–Crippen MR) is 110 cm³/mol. The summed E-state index contributed by atoms with van der Waals surface area (Å²) in [6.45, 7) is 2.81. The molecular weight excluding hydrogens is 392 g/mol. The van der Waals surface area contributed by atoms with Crippen LogP contribution in [0.25, 0.3) is 0 Å². The maximum absolute atomic E-state index is 12.9. The smallest absolute Gasteiger partial charge is 0.254 e. The van der Waals surface area contributed by atoms with Crippen LogP contribution < -0.4 is 14.2 Å². The number of carbonyl (C=O) groups excluding carboxylic acids is 1. The summed E-state index contributed by atoms with van der Waals surface area (Å²) in [6.07, 6.45) is 1.11. The van der Waals surface area contributed by atoms with Gasteiger partial charge in [0.25, 0.3) is 5.91 Å². The van der Waals surface area contributed by atoms with E-state index in [1.807, 2.05) is 6.92 Å². The van der Waals surface area contributed by atoms with Crippen molar-refractivity contribution in [1.29, 1.82) is 0 Å². The minimum atomic E-state index is -3.56. The number of ether oxygens (including phenoxy) is 2. The van der Waals surface area contributed by atoms with E-state index in [-0.39, 0.29) is 16.8 Å². The monoisotopic (exact) mass is 418 g/mol. The molecule has 0 unspecified atom stereocenters. The van der Waals surface area contributed by atoms with E-state index in [9.17, 15) is 13.2 Å². The van der Waals surface area contributed by atoms with E-state index in [2.05, 4.69) is 4.72 Å². The van der Waals surface area contributed by atoms with Crippen molar-refractivity contribution >= 4 is 15.9 Å². The summed E-state index contributed by atoms with van der Waals surface area (Å²) in [7, 11) is -0.447. The Labute approximate surface area is 171 Å². The van der Waals surface area contributed by atoms with Crippen molar-refractivity contribution in [3.63, 3.8) is 0 Å². The second kappa shape index (κ2) is 8.84. The third-order valence-electron chi connectivity index (χ3n) is 5.16. The zero-order chi connectivity index (χ0) is 21.0. The summed E-state index contributed by atoms with van der Waals surface area (Å²) >= 11 is 0. The van der Waals surface area contributed by atoms with Gasteiger partial charge in [-0.25, -0.2) is 13.1 Å². The maximum atomic E-state index is 12.9. The Kier molecular flexibility index (Phi) is 6.44. The molecule has 29 heavy (non-hydrogen) atoms. The molecule has 1 aliphatic heterocycles. The number of nitrogens with one attached hydrogen (secondary N) is 1. The summed E-state index contributed by atoms with van der Waals surface area (Å²) in [4.78, 5) is 14.9. The predicted octanol–water partition coefficient (Wildman–Crippen LogP) is 2.60. The van der Waals surface area contributed by atoms with Gasteiger partial charge >= 0.3 is 0 Å². The lowest BCUT2D eigenvalue weighted by molar-refractivity contribution is 0.0710. The first-order valence-electron chi connectivity index (χ1n) is 9.45. The Morgan fingerprint density at radius 2 is 1.59 bits per heavy atom. The fraction of sp³-hybridized carbons (Fsp3) is 0.381. The Balaban J connectivity index is 1.66. The third kappa shape index (κ3) is 4.71. The molecule has 0 spiro atoms. The SMILES string of the molecule is COc1cc(C(=O)N2CCC(NS(=O)(=O)c3ccccc3)CC2)cc(OC)c1C. The van der Waals surface area contributed by atoms with Crippen LogP contribution in [0.2, 0.25) is 0 Å². The molecular formula is C21H26N2O5S. The second-order valence-corrected chi connectivity index (χ2v) is 8.72. The Morgan fingerprint density at radius 3 is 2.10 bits per heavy atom. The standard InChI is InChI=1S/C21H26N2O5S/c1-15-19(27-2)13-16(14-20(15)28-3)21(24)23-11-9-17(10-12-23)22-29(25,26)18-7-5-4-6-8-18/h4-8,13-14,17,22H,9-12H2,1-3H3. The van der Waals surface area contributed by atoms with E-state index in [1.165, 1.54) is 0 Å². The van der Waals surface area contributed by atoms with Gasteiger partial charge in [-0.2, -0.15) is 0 Å². The van der Waals surface area contributed by atoms with Gasteiger partial charge in [0.1, 0.15) is 11.5 Å². The number of piperidine rings is 1. The van der Waals surface area contributed by atoms with E-state index in [1.54, 1.807) is 61.6 Å². The number of carbonyl (C=O) groups is 1. The highest BCUT2D eigenvalue weighted by Gasteiger charge is 2.28. The van der Waals surface area contributed by atoms with Crippen LogP contribution in [0.5, 0.6) is 11.5 Å². The fourth-order valence-electron chi connectivity index (χ4n) is 3.48. The van der Waals surface area contributed by atoms with Gasteiger partial charge in [0.2, 0.25) is 10.0 Å². The molecule has 1 aliphatic rings. The maximum Gasteiger partial charge on any atom is 0.254 e. The van der Waals surface area contributed by atoms with Gasteiger partial charge in [-0.15, -0.1) is 0 Å². The van der Waals surface area contributed by atoms with Gasteiger partial charge < -0.3 is 14.4 Å². The lowest BCUT2D eigenvalue weighted by Gasteiger charge is -2.32. The number of hydrogen-bond acceptors (Lipinski definition) is 5. The van der Waals surface area contributed by atoms with Crippen molar-refractivity contribution in [2.24, 2.45) is 0 Å². The van der Waals surface area contributed by atoms with Crippen LogP contribution in [0, 0.1) is 6.92 Å². The first-order valence-corrected chi connectivity index (χ1v) is 10.9. The molecule has 0 saturated carbocycles. The molecule has 1 saturated heterocycles. The van der Waals surface area contributed by atoms with Gasteiger partial charge in [-0.3, -0.25) is 4.79 Å². The van der Waals surface area contributed by atoms with Crippen molar-refractivity contribution in [2.45, 2.75) is 30.7 Å². The highest BCUT2D eigenvalue weighted by molar-refractivity contribution is 7.89. The number of amides is 1. The van der Waals surface area contributed by atoms with Crippen molar-refractivity contribution in [2.75, 3.05) is 27.3 Å². The van der Waals surface area contributed by atoms with Crippen LogP contribution in [0.15, 0.2) is 47.4 Å². The van der Waals surface area contributed by atoms with E-state index < -0.39 is 10.0 Å². The van der Waals surface area contributed by atoms with E-state index in [4.69, 9.17) is 9.47 Å². The molecule has 0 aromatic heterocycles. The van der Waals surface area contributed by atoms with Crippen molar-refractivity contribution in [3.05, 3.63) is 53.6 Å². The lowest BCUT2D eigenvalue weighted by Crippen LogP contribution is -2.46. The largest absolute Gasteiger partial charge is 0.496 e. The molecule has 156 valence electrons. The van der Waals surface area contributed by atoms with Crippen LogP contribution in [0.3, 0.4) is 0 Å². The van der Waals surface area contributed by atoms with Crippen LogP contribution in [-0.2, 0) is 10.0 Å². The molecule has 2 aromatic carbocycles. The van der Waals surface area contributed by atoms with E-state index >= 15 is 0 Å². The molecule has 0 bridgehead atoms. The van der Waals surface area contributed by atoms with Crippen molar-refractivity contribution in [3.8, 4) is 11.5 Å². The molecule has 8 heteroatoms. The molecule has 2 aromatic rings. The topological polar surface area (TPSA) is 84.9 Å². The Morgan fingerprint density at radius 1 is 1.03 bits per heavy atom. The average molecular weight is 419 g/mol. The number of likely N-dealkylation sites (tertiary alicyclic amines) is 1. The zero-order valence-electron chi connectivity index (χ0n) is 16.8. The highest BCUT2D eigenvalue weighted by Crippen LogP contribution is 2.30. The van der Waals surface area contributed by atoms with Gasteiger partial charge in [0.15, 0.2) is 0 Å². The minimum Gasteiger partial charge on any atom is -0.496 e. The first-order chi connectivity index (χ1) is 13.9. The quantitative estimate of drug-likeness (QED) is 0.779. The number of benzene rings is 2. The number of sulfonamides is 1. The molecule has 3 rings (SSSR count). The Hall–Kier alpha value is -2.58. The van der Waals surface area contributed by atoms with Gasteiger partial charge in [0, 0.05) is 30.3 Å². The molecule has 1 N–H and O–H groups in total. The van der Waals surface area contributed by atoms with Gasteiger partial charge in [-0.1, -0.05) is 18.2 Å². The minimum absolute atomic E-state index is 0.119. The molecule has 7 nitrogen and oxygen atoms in total.